The molecule has 2 aromatic carbocycles. The van der Waals surface area contributed by atoms with E-state index in [0.717, 1.165) is 37.2 Å². The average molecular weight is 432 g/mol. The monoisotopic (exact) mass is 432 g/mol. The summed E-state index contributed by atoms with van der Waals surface area (Å²) in [6.45, 7) is 2.22. The lowest BCUT2D eigenvalue weighted by molar-refractivity contribution is -0.384. The number of benzene rings is 2. The number of anilines is 1. The van der Waals surface area contributed by atoms with Crippen molar-refractivity contribution in [3.8, 4) is 5.75 Å². The third-order valence-electron chi connectivity index (χ3n) is 5.35. The van der Waals surface area contributed by atoms with Gasteiger partial charge in [0.25, 0.3) is 11.6 Å². The minimum absolute atomic E-state index is 0.0375. The minimum Gasteiger partial charge on any atom is -0.487 e. The Morgan fingerprint density at radius 3 is 2.69 bits per heavy atom. The third-order valence-corrected chi connectivity index (χ3v) is 5.35. The number of aromatic nitrogens is 1. The summed E-state index contributed by atoms with van der Waals surface area (Å²) in [4.78, 5) is 30.0. The Morgan fingerprint density at radius 1 is 1.09 bits per heavy atom. The van der Waals surface area contributed by atoms with Crippen LogP contribution in [-0.4, -0.2) is 28.9 Å². The molecule has 0 aliphatic carbocycles. The number of amides is 1. The summed E-state index contributed by atoms with van der Waals surface area (Å²) < 4.78 is 5.77. The molecule has 1 amide bonds. The SMILES string of the molecule is O=C(NCc1cccc(OCc2ccccn2)c1)c1ccc(N2CCCC2)c([N+](=O)[O-])c1. The number of nitrogens with zero attached hydrogens (tertiary/aromatic N) is 3. The Balaban J connectivity index is 1.39. The molecule has 0 unspecified atom stereocenters. The predicted octanol–water partition coefficient (Wildman–Crippen LogP) is 4.10. The summed E-state index contributed by atoms with van der Waals surface area (Å²) in [5.74, 6) is 0.314. The number of hydrogen-bond donors (Lipinski definition) is 1. The fourth-order valence-electron chi connectivity index (χ4n) is 3.71. The van der Waals surface area contributed by atoms with E-state index in [2.05, 4.69) is 10.3 Å². The van der Waals surface area contributed by atoms with Gasteiger partial charge in [0.2, 0.25) is 0 Å². The zero-order chi connectivity index (χ0) is 22.3. The number of carbonyl (C=O) groups excluding carboxylic acids is 1. The van der Waals surface area contributed by atoms with Crippen LogP contribution in [0, 0.1) is 10.1 Å². The molecule has 1 aromatic heterocycles. The van der Waals surface area contributed by atoms with E-state index >= 15 is 0 Å². The molecule has 1 aliphatic rings. The normalized spacial score (nSPS) is 13.1. The molecule has 4 rings (SSSR count). The molecule has 8 heteroatoms. The summed E-state index contributed by atoms with van der Waals surface area (Å²) in [7, 11) is 0. The highest BCUT2D eigenvalue weighted by Gasteiger charge is 2.23. The molecule has 164 valence electrons. The van der Waals surface area contributed by atoms with Gasteiger partial charge in [-0.3, -0.25) is 19.9 Å². The second-order valence-electron chi connectivity index (χ2n) is 7.59. The van der Waals surface area contributed by atoms with Crippen LogP contribution in [0.2, 0.25) is 0 Å². The molecule has 0 radical (unpaired) electrons. The molecule has 0 spiro atoms. The fraction of sp³-hybridized carbons (Fsp3) is 0.250. The van der Waals surface area contributed by atoms with Gasteiger partial charge in [0.15, 0.2) is 0 Å². The van der Waals surface area contributed by atoms with Gasteiger partial charge in [-0.1, -0.05) is 18.2 Å². The van der Waals surface area contributed by atoms with Gasteiger partial charge < -0.3 is 15.0 Å². The number of nitro groups is 1. The van der Waals surface area contributed by atoms with E-state index in [1.807, 2.05) is 47.4 Å². The standard InChI is InChI=1S/C24H24N4O4/c29-24(19-9-10-22(23(15-19)28(30)31)27-12-3-4-13-27)26-16-18-6-5-8-21(14-18)32-17-20-7-1-2-11-25-20/h1-2,5-11,14-15H,3-4,12-13,16-17H2,(H,26,29). The molecule has 0 bridgehead atoms. The summed E-state index contributed by atoms with van der Waals surface area (Å²) in [6.07, 6.45) is 3.75. The molecule has 2 heterocycles. The van der Waals surface area contributed by atoms with Gasteiger partial charge >= 0.3 is 0 Å². The average Bonchev–Trinajstić information content (AvgIpc) is 3.36. The Bertz CT molecular complexity index is 1100. The van der Waals surface area contributed by atoms with Gasteiger partial charge in [-0.05, 0) is 54.8 Å². The van der Waals surface area contributed by atoms with Gasteiger partial charge in [0.1, 0.15) is 18.0 Å². The zero-order valence-corrected chi connectivity index (χ0v) is 17.6. The first-order valence-electron chi connectivity index (χ1n) is 10.5. The van der Waals surface area contributed by atoms with Crippen molar-refractivity contribution in [3.63, 3.8) is 0 Å². The maximum atomic E-state index is 12.6. The Kier molecular flexibility index (Phi) is 6.60. The van der Waals surface area contributed by atoms with Crippen LogP contribution in [0.25, 0.3) is 0 Å². The summed E-state index contributed by atoms with van der Waals surface area (Å²) in [5.41, 5.74) is 2.48. The first-order chi connectivity index (χ1) is 15.6. The number of carbonyl (C=O) groups is 1. The predicted molar refractivity (Wildman–Crippen MR) is 121 cm³/mol. The molecule has 1 aliphatic heterocycles. The molecule has 0 saturated carbocycles. The highest BCUT2D eigenvalue weighted by molar-refractivity contribution is 5.95. The van der Waals surface area contributed by atoms with E-state index in [9.17, 15) is 14.9 Å². The van der Waals surface area contributed by atoms with E-state index in [1.165, 1.54) is 6.07 Å². The van der Waals surface area contributed by atoms with E-state index in [1.54, 1.807) is 18.3 Å². The van der Waals surface area contributed by atoms with Crippen LogP contribution < -0.4 is 15.0 Å². The molecule has 8 nitrogen and oxygen atoms in total. The first-order valence-corrected chi connectivity index (χ1v) is 10.5. The van der Waals surface area contributed by atoms with Crippen molar-refractivity contribution in [2.75, 3.05) is 18.0 Å². The fourth-order valence-corrected chi connectivity index (χ4v) is 3.71. The van der Waals surface area contributed by atoms with E-state index in [0.29, 0.717) is 18.0 Å². The molecule has 0 atom stereocenters. The van der Waals surface area contributed by atoms with Gasteiger partial charge in [0, 0.05) is 37.5 Å². The lowest BCUT2D eigenvalue weighted by atomic mass is 10.1. The Hall–Kier alpha value is -3.94. The Labute approximate surface area is 186 Å². The van der Waals surface area contributed by atoms with Crippen molar-refractivity contribution < 1.29 is 14.5 Å². The smallest absolute Gasteiger partial charge is 0.293 e. The van der Waals surface area contributed by atoms with Crippen LogP contribution in [0.3, 0.4) is 0 Å². The van der Waals surface area contributed by atoms with Crippen LogP contribution in [-0.2, 0) is 13.2 Å². The topological polar surface area (TPSA) is 97.6 Å². The maximum absolute atomic E-state index is 12.6. The number of nitrogens with one attached hydrogen (secondary N) is 1. The number of ether oxygens (including phenoxy) is 1. The highest BCUT2D eigenvalue weighted by Crippen LogP contribution is 2.31. The van der Waals surface area contributed by atoms with Crippen molar-refractivity contribution in [2.45, 2.75) is 26.0 Å². The van der Waals surface area contributed by atoms with Crippen molar-refractivity contribution in [1.29, 1.82) is 0 Å². The highest BCUT2D eigenvalue weighted by atomic mass is 16.6. The number of pyridine rings is 1. The molecule has 3 aromatic rings. The van der Waals surface area contributed by atoms with Gasteiger partial charge in [0.05, 0.1) is 10.6 Å². The van der Waals surface area contributed by atoms with E-state index in [-0.39, 0.29) is 23.7 Å². The molecule has 1 saturated heterocycles. The van der Waals surface area contributed by atoms with Gasteiger partial charge in [-0.2, -0.15) is 0 Å². The lowest BCUT2D eigenvalue weighted by Gasteiger charge is -2.17. The number of hydrogen-bond acceptors (Lipinski definition) is 6. The second-order valence-corrected chi connectivity index (χ2v) is 7.59. The van der Waals surface area contributed by atoms with Crippen LogP contribution in [0.15, 0.2) is 66.9 Å². The first kappa shape index (κ1) is 21.3. The van der Waals surface area contributed by atoms with Crippen LogP contribution in [0.5, 0.6) is 5.75 Å². The van der Waals surface area contributed by atoms with Crippen molar-refractivity contribution in [2.24, 2.45) is 0 Å². The zero-order valence-electron chi connectivity index (χ0n) is 17.6. The van der Waals surface area contributed by atoms with Crippen molar-refractivity contribution >= 4 is 17.3 Å². The molecule has 1 fully saturated rings. The van der Waals surface area contributed by atoms with Crippen LogP contribution in [0.4, 0.5) is 11.4 Å². The summed E-state index contributed by atoms with van der Waals surface area (Å²) in [5, 5.41) is 14.4. The van der Waals surface area contributed by atoms with Crippen molar-refractivity contribution in [1.82, 2.24) is 10.3 Å². The quantitative estimate of drug-likeness (QED) is 0.425. The molecular formula is C24H24N4O4. The van der Waals surface area contributed by atoms with E-state index in [4.69, 9.17) is 4.74 Å². The molecule has 32 heavy (non-hydrogen) atoms. The summed E-state index contributed by atoms with van der Waals surface area (Å²) in [6, 6.07) is 17.7. The number of rotatable bonds is 8. The van der Waals surface area contributed by atoms with Gasteiger partial charge in [-0.15, -0.1) is 0 Å². The largest absolute Gasteiger partial charge is 0.487 e. The number of nitro benzene ring substituents is 1. The lowest BCUT2D eigenvalue weighted by Crippen LogP contribution is -2.24. The maximum Gasteiger partial charge on any atom is 0.293 e. The second kappa shape index (κ2) is 9.91. The van der Waals surface area contributed by atoms with Crippen LogP contribution >= 0.6 is 0 Å². The summed E-state index contributed by atoms with van der Waals surface area (Å²) >= 11 is 0. The van der Waals surface area contributed by atoms with Crippen molar-refractivity contribution in [3.05, 3.63) is 93.8 Å². The van der Waals surface area contributed by atoms with Gasteiger partial charge in [-0.25, -0.2) is 0 Å². The Morgan fingerprint density at radius 2 is 1.94 bits per heavy atom. The molecular weight excluding hydrogens is 408 g/mol. The van der Waals surface area contributed by atoms with E-state index < -0.39 is 4.92 Å². The third kappa shape index (κ3) is 5.21. The van der Waals surface area contributed by atoms with Crippen LogP contribution in [0.1, 0.15) is 34.5 Å². The minimum atomic E-state index is -0.424. The molecule has 1 N–H and O–H groups in total.